The van der Waals surface area contributed by atoms with Crippen LogP contribution in [0.15, 0.2) is 122 Å². The number of carbonyl (C=O) groups excluding carboxylic acids is 1. The van der Waals surface area contributed by atoms with E-state index in [0.29, 0.717) is 22.7 Å². The minimum absolute atomic E-state index is 0.124. The molecule has 1 aliphatic heterocycles. The third kappa shape index (κ3) is 6.19. The highest BCUT2D eigenvalue weighted by Crippen LogP contribution is 2.44. The summed E-state index contributed by atoms with van der Waals surface area (Å²) in [5, 5.41) is 26.1. The number of methoxy groups -OCH3 is 2. The number of benzene rings is 4. The molecule has 1 saturated heterocycles. The number of ether oxygens (including phenoxy) is 4. The number of hydrogen-bond donors (Lipinski definition) is 3. The molecule has 0 saturated carbocycles. The van der Waals surface area contributed by atoms with Crippen molar-refractivity contribution in [3.8, 4) is 11.5 Å². The van der Waals surface area contributed by atoms with Crippen molar-refractivity contribution in [2.45, 2.75) is 36.6 Å². The number of rotatable bonds is 11. The number of hydrogen-bond acceptors (Lipinski definition) is 10. The highest BCUT2D eigenvalue weighted by molar-refractivity contribution is 6.06. The Kier molecular flexibility index (Phi) is 9.23. The van der Waals surface area contributed by atoms with E-state index in [-0.39, 0.29) is 23.8 Å². The van der Waals surface area contributed by atoms with Crippen molar-refractivity contribution in [1.29, 1.82) is 0 Å². The number of aliphatic hydroxyl groups is 2. The molecule has 2 aromatic heterocycles. The number of anilines is 1. The number of carbonyl (C=O) groups is 1. The van der Waals surface area contributed by atoms with Crippen molar-refractivity contribution in [3.05, 3.63) is 144 Å². The molecule has 6 aromatic rings. The van der Waals surface area contributed by atoms with Gasteiger partial charge in [0.2, 0.25) is 0 Å². The Labute approximate surface area is 294 Å². The van der Waals surface area contributed by atoms with E-state index in [0.717, 1.165) is 16.7 Å². The normalized spacial score (nSPS) is 20.3. The van der Waals surface area contributed by atoms with Gasteiger partial charge in [-0.25, -0.2) is 15.0 Å². The topological polar surface area (TPSA) is 150 Å². The van der Waals surface area contributed by atoms with Crippen molar-refractivity contribution in [2.24, 2.45) is 0 Å². The quantitative estimate of drug-likeness (QED) is 0.157. The van der Waals surface area contributed by atoms with Crippen molar-refractivity contribution in [2.75, 3.05) is 26.1 Å². The lowest BCUT2D eigenvalue weighted by Gasteiger charge is -2.37. The summed E-state index contributed by atoms with van der Waals surface area (Å²) in [7, 11) is 3.22. The van der Waals surface area contributed by atoms with E-state index in [9.17, 15) is 15.0 Å². The van der Waals surface area contributed by atoms with E-state index in [4.69, 9.17) is 18.9 Å². The van der Waals surface area contributed by atoms with Gasteiger partial charge in [0.05, 0.1) is 27.2 Å². The monoisotopic (exact) mass is 687 g/mol. The fourth-order valence-corrected chi connectivity index (χ4v) is 6.54. The number of aromatic nitrogens is 4. The zero-order chi connectivity index (χ0) is 35.6. The van der Waals surface area contributed by atoms with Crippen LogP contribution in [0.4, 0.5) is 5.82 Å². The summed E-state index contributed by atoms with van der Waals surface area (Å²) in [6, 6.07) is 33.7. The van der Waals surface area contributed by atoms with Gasteiger partial charge >= 0.3 is 0 Å². The Hall–Kier alpha value is -5.66. The summed E-state index contributed by atoms with van der Waals surface area (Å²) >= 11 is 0. The molecule has 4 atom stereocenters. The van der Waals surface area contributed by atoms with Crippen LogP contribution < -0.4 is 14.8 Å². The van der Waals surface area contributed by atoms with Crippen molar-refractivity contribution < 1.29 is 34.0 Å². The summed E-state index contributed by atoms with van der Waals surface area (Å²) in [5.41, 5.74) is 0.505. The highest BCUT2D eigenvalue weighted by Gasteiger charge is 2.54. The minimum Gasteiger partial charge on any atom is -0.497 e. The van der Waals surface area contributed by atoms with E-state index in [2.05, 4.69) is 20.3 Å². The van der Waals surface area contributed by atoms with Gasteiger partial charge in [-0.3, -0.25) is 9.36 Å². The van der Waals surface area contributed by atoms with Crippen LogP contribution in [-0.2, 0) is 15.1 Å². The maximum absolute atomic E-state index is 12.9. The zero-order valence-electron chi connectivity index (χ0n) is 28.2. The molecule has 0 unspecified atom stereocenters. The van der Waals surface area contributed by atoms with Gasteiger partial charge in [0.1, 0.15) is 41.2 Å². The lowest BCUT2D eigenvalue weighted by molar-refractivity contribution is -0.103. The molecule has 0 aliphatic carbocycles. The van der Waals surface area contributed by atoms with Gasteiger partial charge in [0.25, 0.3) is 5.91 Å². The van der Waals surface area contributed by atoms with Crippen molar-refractivity contribution in [1.82, 2.24) is 19.5 Å². The molecule has 1 aliphatic rings. The molecular weight excluding hydrogens is 650 g/mol. The molecule has 1 amide bonds. The molecule has 51 heavy (non-hydrogen) atoms. The van der Waals surface area contributed by atoms with Gasteiger partial charge in [0.15, 0.2) is 23.2 Å². The van der Waals surface area contributed by atoms with Gasteiger partial charge in [-0.2, -0.15) is 0 Å². The third-order valence-corrected chi connectivity index (χ3v) is 9.27. The molecule has 7 rings (SSSR count). The number of fused-ring (bicyclic) bond motifs is 1. The number of nitrogens with one attached hydrogen (secondary N) is 1. The second-order valence-electron chi connectivity index (χ2n) is 12.4. The number of aliphatic hydroxyl groups excluding tert-OH is 1. The predicted molar refractivity (Wildman–Crippen MR) is 189 cm³/mol. The molecular formula is C39H37N5O7. The second kappa shape index (κ2) is 13.9. The van der Waals surface area contributed by atoms with Crippen LogP contribution in [0, 0.1) is 0 Å². The van der Waals surface area contributed by atoms with Crippen LogP contribution in [0.3, 0.4) is 0 Å². The first kappa shape index (κ1) is 33.8. The standard InChI is InChI=1S/C39H37N5O7/c1-38(47)33(45)31(51-37(38)44-24-42-32-34(40-23-41-35(32)44)43-36(46)25-10-6-4-7-11-25)22-50-39(26-12-8-5-9-13-26,27-14-18-29(48-2)19-15-27)28-16-20-30(49-3)21-17-28/h4-21,23-24,31,33,37,45,47H,22H2,1-3H3,(H,40,41,43,46)/t31-,33-,37-,38-/m1/s1. The first-order valence-electron chi connectivity index (χ1n) is 16.3. The van der Waals surface area contributed by atoms with Crippen LogP contribution >= 0.6 is 0 Å². The molecule has 12 nitrogen and oxygen atoms in total. The third-order valence-electron chi connectivity index (χ3n) is 9.27. The van der Waals surface area contributed by atoms with Crippen LogP contribution in [0.2, 0.25) is 0 Å². The summed E-state index contributed by atoms with van der Waals surface area (Å²) in [6.45, 7) is 1.37. The Morgan fingerprint density at radius 1 is 0.843 bits per heavy atom. The lowest BCUT2D eigenvalue weighted by Crippen LogP contribution is -2.45. The number of nitrogens with zero attached hydrogens (tertiary/aromatic N) is 4. The molecule has 3 N–H and O–H groups in total. The van der Waals surface area contributed by atoms with Gasteiger partial charge in [-0.15, -0.1) is 0 Å². The van der Waals surface area contributed by atoms with Gasteiger partial charge in [-0.1, -0.05) is 72.8 Å². The molecule has 12 heteroatoms. The van der Waals surface area contributed by atoms with E-state index >= 15 is 0 Å². The SMILES string of the molecule is COc1ccc(C(OC[C@H]2O[C@@H](n3cnc4c(NC(=O)c5ccccc5)ncnc43)[C@](C)(O)[C@@H]2O)(c2ccccc2)c2ccc(OC)cc2)cc1. The predicted octanol–water partition coefficient (Wildman–Crippen LogP) is 5.11. The van der Waals surface area contributed by atoms with Crippen LogP contribution in [-0.4, -0.2) is 74.3 Å². The Morgan fingerprint density at radius 2 is 1.41 bits per heavy atom. The lowest BCUT2D eigenvalue weighted by atomic mass is 9.80. The number of imidazole rings is 1. The second-order valence-corrected chi connectivity index (χ2v) is 12.4. The molecule has 4 aromatic carbocycles. The average molecular weight is 688 g/mol. The van der Waals surface area contributed by atoms with Crippen LogP contribution in [0.5, 0.6) is 11.5 Å². The summed E-state index contributed by atoms with van der Waals surface area (Å²) < 4.78 is 25.8. The summed E-state index contributed by atoms with van der Waals surface area (Å²) in [4.78, 5) is 26.0. The van der Waals surface area contributed by atoms with E-state index < -0.39 is 29.6 Å². The molecule has 260 valence electrons. The maximum Gasteiger partial charge on any atom is 0.256 e. The summed E-state index contributed by atoms with van der Waals surface area (Å²) in [6.07, 6.45) is -0.748. The molecule has 3 heterocycles. The summed E-state index contributed by atoms with van der Waals surface area (Å²) in [5.74, 6) is 1.20. The van der Waals surface area contributed by atoms with Gasteiger partial charge < -0.3 is 34.5 Å². The Morgan fingerprint density at radius 3 is 2.00 bits per heavy atom. The maximum atomic E-state index is 12.9. The molecule has 1 fully saturated rings. The first-order chi connectivity index (χ1) is 24.8. The van der Waals surface area contributed by atoms with Gasteiger partial charge in [0, 0.05) is 5.56 Å². The van der Waals surface area contributed by atoms with E-state index in [1.165, 1.54) is 24.1 Å². The van der Waals surface area contributed by atoms with Crippen molar-refractivity contribution >= 4 is 22.9 Å². The first-order valence-corrected chi connectivity index (χ1v) is 16.3. The van der Waals surface area contributed by atoms with Crippen LogP contribution in [0.25, 0.3) is 11.2 Å². The fourth-order valence-electron chi connectivity index (χ4n) is 6.54. The van der Waals surface area contributed by atoms with Gasteiger partial charge in [-0.05, 0) is 60.0 Å². The zero-order valence-corrected chi connectivity index (χ0v) is 28.2. The van der Waals surface area contributed by atoms with E-state index in [1.807, 2.05) is 84.9 Å². The molecule has 0 radical (unpaired) electrons. The smallest absolute Gasteiger partial charge is 0.256 e. The highest BCUT2D eigenvalue weighted by atomic mass is 16.6. The fraction of sp³-hybridized carbons (Fsp3) is 0.231. The largest absolute Gasteiger partial charge is 0.497 e. The average Bonchev–Trinajstić information content (AvgIpc) is 3.70. The molecule has 0 spiro atoms. The minimum atomic E-state index is -1.80. The Balaban J connectivity index is 1.22. The van der Waals surface area contributed by atoms with Crippen LogP contribution in [0.1, 0.15) is 40.2 Å². The number of amides is 1. The van der Waals surface area contributed by atoms with Crippen molar-refractivity contribution in [3.63, 3.8) is 0 Å². The van der Waals surface area contributed by atoms with E-state index in [1.54, 1.807) is 38.5 Å². The molecule has 0 bridgehead atoms. The Bertz CT molecular complexity index is 2060.